The number of hydrogen-bond acceptors (Lipinski definition) is 1. The maximum Gasteiger partial charge on any atom is 0.241 e. The Morgan fingerprint density at radius 1 is 1.57 bits per heavy atom. The van der Waals surface area contributed by atoms with E-state index in [0.29, 0.717) is 0 Å². The number of benzene rings is 1. The van der Waals surface area contributed by atoms with Gasteiger partial charge >= 0.3 is 0 Å². The molecule has 0 radical (unpaired) electrons. The molecule has 0 N–H and O–H groups in total. The Bertz CT molecular complexity index is 376. The number of hydrogen-bond donors (Lipinski definition) is 0. The molecule has 1 aliphatic rings. The number of anilines is 1. The van der Waals surface area contributed by atoms with Crippen molar-refractivity contribution in [2.24, 2.45) is 0 Å². The van der Waals surface area contributed by atoms with E-state index in [9.17, 15) is 4.79 Å². The van der Waals surface area contributed by atoms with Crippen LogP contribution in [0, 0.1) is 6.92 Å². The van der Waals surface area contributed by atoms with Crippen LogP contribution in [0.3, 0.4) is 0 Å². The first-order valence-electron chi connectivity index (χ1n) is 4.68. The van der Waals surface area contributed by atoms with Gasteiger partial charge in [0.05, 0.1) is 0 Å². The second-order valence-corrected chi connectivity index (χ2v) is 3.83. The molecule has 0 saturated heterocycles. The van der Waals surface area contributed by atoms with E-state index in [-0.39, 0.29) is 11.8 Å². The number of fused-ring (bicyclic) bond motifs is 1. The molecular weight excluding hydrogens is 198 g/mol. The molecule has 0 fully saturated rings. The number of amides is 1. The number of alkyl halides is 1. The predicted octanol–water partition coefficient (Wildman–Crippen LogP) is 2.12. The highest BCUT2D eigenvalue weighted by atomic mass is 35.5. The number of carbonyl (C=O) groups excluding carboxylic acids is 1. The van der Waals surface area contributed by atoms with Gasteiger partial charge in [0.15, 0.2) is 0 Å². The zero-order valence-electron chi connectivity index (χ0n) is 8.09. The molecule has 1 aromatic rings. The maximum absolute atomic E-state index is 11.5. The Labute approximate surface area is 88.5 Å². The summed E-state index contributed by atoms with van der Waals surface area (Å²) in [5, 5.41) is 0. The van der Waals surface area contributed by atoms with Crippen LogP contribution in [-0.2, 0) is 11.2 Å². The second-order valence-electron chi connectivity index (χ2n) is 3.56. The third kappa shape index (κ3) is 1.50. The van der Waals surface area contributed by atoms with E-state index < -0.39 is 0 Å². The fourth-order valence-electron chi connectivity index (χ4n) is 1.82. The lowest BCUT2D eigenvalue weighted by Gasteiger charge is -2.15. The molecule has 0 spiro atoms. The van der Waals surface area contributed by atoms with Gasteiger partial charge in [-0.15, -0.1) is 11.6 Å². The summed E-state index contributed by atoms with van der Waals surface area (Å²) >= 11 is 5.55. The standard InChI is InChI=1S/C11H12ClNO/c1-8-2-3-9-4-5-13(10(9)6-8)11(14)7-12/h2-3,6H,4-5,7H2,1H3. The molecule has 1 amide bonds. The van der Waals surface area contributed by atoms with Crippen molar-refractivity contribution in [1.82, 2.24) is 0 Å². The van der Waals surface area contributed by atoms with Gasteiger partial charge in [-0.1, -0.05) is 12.1 Å². The predicted molar refractivity (Wildman–Crippen MR) is 58.0 cm³/mol. The SMILES string of the molecule is Cc1ccc2c(c1)N(C(=O)CCl)CC2. The van der Waals surface area contributed by atoms with Crippen molar-refractivity contribution in [3.8, 4) is 0 Å². The van der Waals surface area contributed by atoms with E-state index in [0.717, 1.165) is 18.7 Å². The van der Waals surface area contributed by atoms with Crippen molar-refractivity contribution in [3.05, 3.63) is 29.3 Å². The average Bonchev–Trinajstić information content (AvgIpc) is 2.59. The first kappa shape index (κ1) is 9.53. The Kier molecular flexibility index (Phi) is 2.46. The van der Waals surface area contributed by atoms with E-state index >= 15 is 0 Å². The van der Waals surface area contributed by atoms with Crippen LogP contribution in [0.15, 0.2) is 18.2 Å². The van der Waals surface area contributed by atoms with Crippen molar-refractivity contribution in [2.75, 3.05) is 17.3 Å². The van der Waals surface area contributed by atoms with Gasteiger partial charge in [-0.25, -0.2) is 0 Å². The Balaban J connectivity index is 2.38. The fraction of sp³-hybridized carbons (Fsp3) is 0.364. The Hall–Kier alpha value is -1.02. The lowest BCUT2D eigenvalue weighted by molar-refractivity contribution is -0.116. The van der Waals surface area contributed by atoms with Crippen LogP contribution in [0.25, 0.3) is 0 Å². The van der Waals surface area contributed by atoms with Crippen LogP contribution in [0.4, 0.5) is 5.69 Å². The van der Waals surface area contributed by atoms with Gasteiger partial charge in [-0.2, -0.15) is 0 Å². The normalized spacial score (nSPS) is 14.3. The summed E-state index contributed by atoms with van der Waals surface area (Å²) in [5.41, 5.74) is 3.46. The van der Waals surface area contributed by atoms with Gasteiger partial charge in [0.25, 0.3) is 0 Å². The summed E-state index contributed by atoms with van der Waals surface area (Å²) < 4.78 is 0. The molecular formula is C11H12ClNO. The molecule has 1 aliphatic heterocycles. The van der Waals surface area contributed by atoms with Crippen LogP contribution in [0.5, 0.6) is 0 Å². The molecule has 0 unspecified atom stereocenters. The van der Waals surface area contributed by atoms with E-state index in [1.165, 1.54) is 11.1 Å². The minimum atomic E-state index is -0.00369. The molecule has 0 bridgehead atoms. The van der Waals surface area contributed by atoms with Gasteiger partial charge in [0.1, 0.15) is 5.88 Å². The Morgan fingerprint density at radius 2 is 2.36 bits per heavy atom. The molecule has 0 aliphatic carbocycles. The Morgan fingerprint density at radius 3 is 3.07 bits per heavy atom. The zero-order chi connectivity index (χ0) is 10.1. The van der Waals surface area contributed by atoms with Crippen molar-refractivity contribution < 1.29 is 4.79 Å². The van der Waals surface area contributed by atoms with Crippen molar-refractivity contribution >= 4 is 23.2 Å². The first-order chi connectivity index (χ1) is 6.72. The molecule has 14 heavy (non-hydrogen) atoms. The van der Waals surface area contributed by atoms with Crippen LogP contribution in [0.1, 0.15) is 11.1 Å². The third-order valence-corrected chi connectivity index (χ3v) is 2.78. The van der Waals surface area contributed by atoms with Gasteiger partial charge in [0, 0.05) is 12.2 Å². The summed E-state index contributed by atoms with van der Waals surface area (Å²) in [6.45, 7) is 2.80. The highest BCUT2D eigenvalue weighted by Crippen LogP contribution is 2.28. The molecule has 2 rings (SSSR count). The van der Waals surface area contributed by atoms with Crippen LogP contribution < -0.4 is 4.90 Å². The number of nitrogens with zero attached hydrogens (tertiary/aromatic N) is 1. The van der Waals surface area contributed by atoms with Crippen molar-refractivity contribution in [1.29, 1.82) is 0 Å². The minimum absolute atomic E-state index is 0.00369. The lowest BCUT2D eigenvalue weighted by atomic mass is 10.1. The highest BCUT2D eigenvalue weighted by molar-refractivity contribution is 6.29. The molecule has 1 aromatic carbocycles. The smallest absolute Gasteiger partial charge is 0.241 e. The molecule has 74 valence electrons. The van der Waals surface area contributed by atoms with E-state index in [1.807, 2.05) is 13.0 Å². The average molecular weight is 210 g/mol. The number of rotatable bonds is 1. The van der Waals surface area contributed by atoms with Gasteiger partial charge < -0.3 is 4.90 Å². The monoisotopic (exact) mass is 209 g/mol. The van der Waals surface area contributed by atoms with Gasteiger partial charge in [-0.05, 0) is 30.5 Å². The molecule has 0 saturated carbocycles. The quantitative estimate of drug-likeness (QED) is 0.649. The summed E-state index contributed by atoms with van der Waals surface area (Å²) in [6.07, 6.45) is 0.943. The lowest BCUT2D eigenvalue weighted by Crippen LogP contribution is -2.29. The van der Waals surface area contributed by atoms with Crippen LogP contribution in [-0.4, -0.2) is 18.3 Å². The molecule has 0 atom stereocenters. The number of carbonyl (C=O) groups is 1. The third-order valence-electron chi connectivity index (χ3n) is 2.55. The summed E-state index contributed by atoms with van der Waals surface area (Å²) in [7, 11) is 0. The highest BCUT2D eigenvalue weighted by Gasteiger charge is 2.23. The van der Waals surface area contributed by atoms with Crippen molar-refractivity contribution in [2.45, 2.75) is 13.3 Å². The second kappa shape index (κ2) is 3.62. The van der Waals surface area contributed by atoms with E-state index in [1.54, 1.807) is 4.90 Å². The zero-order valence-corrected chi connectivity index (χ0v) is 8.84. The molecule has 2 nitrogen and oxygen atoms in total. The first-order valence-corrected chi connectivity index (χ1v) is 5.21. The fourth-order valence-corrected chi connectivity index (χ4v) is 1.96. The van der Waals surface area contributed by atoms with E-state index in [2.05, 4.69) is 12.1 Å². The van der Waals surface area contributed by atoms with Crippen LogP contribution in [0.2, 0.25) is 0 Å². The molecule has 3 heteroatoms. The van der Waals surface area contributed by atoms with Crippen molar-refractivity contribution in [3.63, 3.8) is 0 Å². The molecule has 0 aromatic heterocycles. The topological polar surface area (TPSA) is 20.3 Å². The van der Waals surface area contributed by atoms with Crippen LogP contribution >= 0.6 is 11.6 Å². The van der Waals surface area contributed by atoms with E-state index in [4.69, 9.17) is 11.6 Å². The minimum Gasteiger partial charge on any atom is -0.311 e. The molecule has 1 heterocycles. The van der Waals surface area contributed by atoms with Gasteiger partial charge in [0.2, 0.25) is 5.91 Å². The summed E-state index contributed by atoms with van der Waals surface area (Å²) in [5.74, 6) is 0.0592. The summed E-state index contributed by atoms with van der Waals surface area (Å²) in [4.78, 5) is 13.3. The number of aryl methyl sites for hydroxylation is 1. The van der Waals surface area contributed by atoms with Gasteiger partial charge in [-0.3, -0.25) is 4.79 Å². The summed E-state index contributed by atoms with van der Waals surface area (Å²) in [6, 6.07) is 6.21. The number of halogens is 1. The largest absolute Gasteiger partial charge is 0.311 e. The maximum atomic E-state index is 11.5.